The Morgan fingerprint density at radius 2 is 1.74 bits per heavy atom. The summed E-state index contributed by atoms with van der Waals surface area (Å²) < 4.78 is 12.9. The zero-order valence-electron chi connectivity index (χ0n) is 22.1. The molecule has 0 N–H and O–H groups in total. The third-order valence-electron chi connectivity index (χ3n) is 9.08. The van der Waals surface area contributed by atoms with Crippen LogP contribution in [0.3, 0.4) is 0 Å². The van der Waals surface area contributed by atoms with Gasteiger partial charge < -0.3 is 9.47 Å². The van der Waals surface area contributed by atoms with Gasteiger partial charge in [-0.1, -0.05) is 61.9 Å². The van der Waals surface area contributed by atoms with E-state index in [1.165, 1.54) is 41.0 Å². The highest BCUT2D eigenvalue weighted by atomic mass is 16.5. The lowest BCUT2D eigenvalue weighted by molar-refractivity contribution is -0.0480. The van der Waals surface area contributed by atoms with Crippen LogP contribution in [0.5, 0.6) is 11.5 Å². The molecule has 8 rings (SSSR count). The molecule has 5 atom stereocenters. The minimum Gasteiger partial charge on any atom is -0.497 e. The summed E-state index contributed by atoms with van der Waals surface area (Å²) >= 11 is 0. The number of rotatable bonds is 6. The van der Waals surface area contributed by atoms with E-state index >= 15 is 0 Å². The van der Waals surface area contributed by atoms with Crippen molar-refractivity contribution in [1.29, 1.82) is 0 Å². The van der Waals surface area contributed by atoms with Crippen molar-refractivity contribution in [2.75, 3.05) is 20.2 Å². The van der Waals surface area contributed by atoms with Crippen LogP contribution in [0.15, 0.2) is 85.1 Å². The number of methoxy groups -OCH3 is 1. The third kappa shape index (κ3) is 3.90. The Morgan fingerprint density at radius 3 is 2.53 bits per heavy atom. The van der Waals surface area contributed by atoms with Crippen molar-refractivity contribution < 1.29 is 9.47 Å². The van der Waals surface area contributed by atoms with Crippen molar-refractivity contribution in [1.82, 2.24) is 9.88 Å². The molecule has 0 aliphatic carbocycles. The monoisotopic (exact) mass is 502 g/mol. The third-order valence-corrected chi connectivity index (χ3v) is 9.08. The second-order valence-corrected chi connectivity index (χ2v) is 11.0. The van der Waals surface area contributed by atoms with E-state index in [2.05, 4.69) is 84.6 Å². The fraction of sp³-hybridized carbons (Fsp3) is 0.324. The van der Waals surface area contributed by atoms with Crippen LogP contribution in [0.4, 0.5) is 0 Å². The Morgan fingerprint density at radius 1 is 0.921 bits per heavy atom. The van der Waals surface area contributed by atoms with Gasteiger partial charge in [-0.05, 0) is 77.7 Å². The number of aromatic nitrogens is 1. The second kappa shape index (κ2) is 9.59. The fourth-order valence-corrected chi connectivity index (χ4v) is 7.08. The number of piperidine rings is 3. The van der Waals surface area contributed by atoms with Crippen LogP contribution in [0, 0.1) is 11.8 Å². The quantitative estimate of drug-likeness (QED) is 0.222. The highest BCUT2D eigenvalue weighted by Crippen LogP contribution is 2.45. The van der Waals surface area contributed by atoms with Gasteiger partial charge in [0.1, 0.15) is 17.6 Å². The van der Waals surface area contributed by atoms with Crippen LogP contribution in [-0.2, 0) is 0 Å². The van der Waals surface area contributed by atoms with Crippen LogP contribution < -0.4 is 9.47 Å². The van der Waals surface area contributed by atoms with Crippen LogP contribution in [0.2, 0.25) is 0 Å². The summed E-state index contributed by atoms with van der Waals surface area (Å²) in [6.07, 6.45) is 5.54. The smallest absolute Gasteiger partial charge is 0.140 e. The van der Waals surface area contributed by atoms with E-state index in [0.29, 0.717) is 6.04 Å². The van der Waals surface area contributed by atoms with Crippen LogP contribution in [-0.4, -0.2) is 36.1 Å². The predicted molar refractivity (Wildman–Crippen MR) is 155 cm³/mol. The first kappa shape index (κ1) is 23.5. The molecule has 5 aromatic rings. The molecule has 38 heavy (non-hydrogen) atoms. The molecule has 4 nitrogen and oxygen atoms in total. The van der Waals surface area contributed by atoms with Crippen LogP contribution in [0.25, 0.3) is 32.4 Å². The highest BCUT2D eigenvalue weighted by Gasteiger charge is 2.44. The topological polar surface area (TPSA) is 34.6 Å². The molecule has 3 unspecified atom stereocenters. The number of nitrogens with zero attached hydrogens (tertiary/aromatic N) is 2. The second-order valence-electron chi connectivity index (χ2n) is 11.0. The molecule has 3 fully saturated rings. The highest BCUT2D eigenvalue weighted by molar-refractivity contribution is 6.10. The van der Waals surface area contributed by atoms with Gasteiger partial charge in [-0.2, -0.15) is 0 Å². The van der Waals surface area contributed by atoms with Crippen molar-refractivity contribution >= 4 is 32.4 Å². The maximum atomic E-state index is 7.25. The number of hydrogen-bond donors (Lipinski definition) is 0. The van der Waals surface area contributed by atoms with Gasteiger partial charge in [0.25, 0.3) is 0 Å². The number of fused-ring (bicyclic) bond motifs is 7. The van der Waals surface area contributed by atoms with Crippen molar-refractivity contribution in [3.8, 4) is 11.5 Å². The zero-order chi connectivity index (χ0) is 25.6. The van der Waals surface area contributed by atoms with E-state index in [4.69, 9.17) is 14.5 Å². The summed E-state index contributed by atoms with van der Waals surface area (Å²) in [6, 6.07) is 28.2. The molecule has 2 bridgehead atoms. The average molecular weight is 503 g/mol. The number of hydrogen-bond acceptors (Lipinski definition) is 4. The number of pyridine rings is 1. The first-order valence-electron chi connectivity index (χ1n) is 14.0. The van der Waals surface area contributed by atoms with Gasteiger partial charge in [0, 0.05) is 29.1 Å². The molecule has 1 aromatic heterocycles. The Hall–Kier alpha value is -3.63. The molecule has 3 aliphatic heterocycles. The van der Waals surface area contributed by atoms with E-state index in [-0.39, 0.29) is 6.10 Å². The Labute approximate surface area is 224 Å². The first-order valence-corrected chi connectivity index (χ1v) is 14.0. The molecule has 4 heteroatoms. The van der Waals surface area contributed by atoms with E-state index in [1.54, 1.807) is 7.11 Å². The Kier molecular flexibility index (Phi) is 5.93. The van der Waals surface area contributed by atoms with Crippen LogP contribution in [0.1, 0.15) is 37.9 Å². The minimum absolute atomic E-state index is 0.113. The molecular formula is C34H34N2O2. The summed E-state index contributed by atoms with van der Waals surface area (Å²) in [4.78, 5) is 7.39. The zero-order valence-corrected chi connectivity index (χ0v) is 22.1. The summed E-state index contributed by atoms with van der Waals surface area (Å²) in [5, 5.41) is 5.97. The van der Waals surface area contributed by atoms with Gasteiger partial charge in [-0.15, -0.1) is 0 Å². The maximum absolute atomic E-state index is 7.25. The summed E-state index contributed by atoms with van der Waals surface area (Å²) in [6.45, 7) is 4.66. The molecule has 0 spiro atoms. The fourth-order valence-electron chi connectivity index (χ4n) is 7.08. The predicted octanol–water partition coefficient (Wildman–Crippen LogP) is 7.79. The van der Waals surface area contributed by atoms with Gasteiger partial charge >= 0.3 is 0 Å². The maximum Gasteiger partial charge on any atom is 0.140 e. The standard InChI is InChI=1S/C34H34N2O2/c1-3-22-21-36-17-15-23(22)18-32(36)34(29-14-16-35-31-13-12-25(37-2)20-30(29)31)38-33-19-24-8-4-5-9-26(24)27-10-6-7-11-28(27)33/h4-14,16,19-20,22-23,32,34H,3,15,17-18,21H2,1-2H3/t22-,23?,32?,34+/m0/s1. The van der Waals surface area contributed by atoms with Crippen molar-refractivity contribution in [3.05, 3.63) is 90.6 Å². The molecule has 4 aromatic carbocycles. The lowest BCUT2D eigenvalue weighted by Crippen LogP contribution is -2.56. The van der Waals surface area contributed by atoms with Crippen molar-refractivity contribution in [2.45, 2.75) is 38.3 Å². The summed E-state index contributed by atoms with van der Waals surface area (Å²) in [7, 11) is 1.73. The van der Waals surface area contributed by atoms with Crippen molar-refractivity contribution in [3.63, 3.8) is 0 Å². The van der Waals surface area contributed by atoms with Gasteiger partial charge in [-0.25, -0.2) is 0 Å². The lowest BCUT2D eigenvalue weighted by atomic mass is 9.72. The average Bonchev–Trinajstić information content (AvgIpc) is 2.99. The summed E-state index contributed by atoms with van der Waals surface area (Å²) in [5.41, 5.74) is 2.17. The molecular weight excluding hydrogens is 468 g/mol. The molecule has 0 saturated carbocycles. The number of benzene rings is 4. The molecule has 192 valence electrons. The van der Waals surface area contributed by atoms with E-state index in [9.17, 15) is 0 Å². The Bertz CT molecular complexity index is 1630. The molecule has 3 saturated heterocycles. The van der Waals surface area contributed by atoms with E-state index in [1.807, 2.05) is 12.3 Å². The van der Waals surface area contributed by atoms with Gasteiger partial charge in [0.05, 0.1) is 18.7 Å². The van der Waals surface area contributed by atoms with Crippen molar-refractivity contribution in [2.24, 2.45) is 11.8 Å². The Balaban J connectivity index is 1.41. The molecule has 0 amide bonds. The summed E-state index contributed by atoms with van der Waals surface area (Å²) in [5.74, 6) is 3.35. The van der Waals surface area contributed by atoms with Gasteiger partial charge in [0.2, 0.25) is 0 Å². The largest absolute Gasteiger partial charge is 0.497 e. The SMILES string of the molecule is CC[C@H]1CN2CCC1CC2[C@H](Oc1cc2ccccc2c2ccccc12)c1ccnc2ccc(OC)cc12. The lowest BCUT2D eigenvalue weighted by Gasteiger charge is -2.52. The first-order chi connectivity index (χ1) is 18.7. The van der Waals surface area contributed by atoms with E-state index < -0.39 is 0 Å². The van der Waals surface area contributed by atoms with Crippen LogP contribution >= 0.6 is 0 Å². The molecule has 3 aliphatic rings. The normalized spacial score (nSPS) is 23.6. The van der Waals surface area contributed by atoms with Gasteiger partial charge in [0.15, 0.2) is 0 Å². The number of ether oxygens (including phenoxy) is 2. The van der Waals surface area contributed by atoms with E-state index in [0.717, 1.165) is 52.7 Å². The van der Waals surface area contributed by atoms with Gasteiger partial charge in [-0.3, -0.25) is 9.88 Å². The minimum atomic E-state index is -0.113. The molecule has 0 radical (unpaired) electrons. The molecule has 4 heterocycles.